The predicted octanol–water partition coefficient (Wildman–Crippen LogP) is 4.12. The first kappa shape index (κ1) is 22.1. The van der Waals surface area contributed by atoms with E-state index in [9.17, 15) is 19.7 Å². The zero-order valence-electron chi connectivity index (χ0n) is 17.9. The van der Waals surface area contributed by atoms with Crippen LogP contribution in [-0.4, -0.2) is 56.8 Å². The number of aryl methyl sites for hydroxylation is 1. The Balaban J connectivity index is 1.38. The first-order valence-electron chi connectivity index (χ1n) is 10.6. The molecule has 2 amide bonds. The zero-order chi connectivity index (χ0) is 22.7. The first-order chi connectivity index (χ1) is 15.4. The molecule has 0 bridgehead atoms. The maximum absolute atomic E-state index is 13.2. The van der Waals surface area contributed by atoms with E-state index in [0.29, 0.717) is 13.1 Å². The number of hydrogen-bond acceptors (Lipinski definition) is 5. The molecule has 0 N–H and O–H groups in total. The van der Waals surface area contributed by atoms with Crippen LogP contribution < -0.4 is 0 Å². The lowest BCUT2D eigenvalue weighted by Gasteiger charge is -2.44. The summed E-state index contributed by atoms with van der Waals surface area (Å²) < 4.78 is 0. The second-order valence-corrected chi connectivity index (χ2v) is 9.59. The third kappa shape index (κ3) is 4.55. The molecule has 0 atom stereocenters. The van der Waals surface area contributed by atoms with E-state index < -0.39 is 4.92 Å². The number of piperidine rings is 1. The van der Waals surface area contributed by atoms with Crippen LogP contribution >= 0.6 is 11.8 Å². The number of nitro benzene ring substituents is 1. The predicted molar refractivity (Wildman–Crippen MR) is 125 cm³/mol. The van der Waals surface area contributed by atoms with Crippen LogP contribution in [0.3, 0.4) is 0 Å². The standard InChI is InChI=1S/C24H25N3O4S/c1-18-3-2-4-20(17-18)23(29)26-15-16-32-24(26)11-13-25(14-12-24)22(28)10-7-19-5-8-21(9-6-19)27(30)31/h2-10,17H,11-16H2,1H3/b10-7+. The molecule has 32 heavy (non-hydrogen) atoms. The molecular weight excluding hydrogens is 426 g/mol. The maximum atomic E-state index is 13.2. The van der Waals surface area contributed by atoms with Gasteiger partial charge in [-0.15, -0.1) is 11.8 Å². The molecule has 0 aliphatic carbocycles. The molecular formula is C24H25N3O4S. The molecule has 0 unspecified atom stereocenters. The van der Waals surface area contributed by atoms with E-state index in [2.05, 4.69) is 0 Å². The molecule has 2 aromatic rings. The largest absolute Gasteiger partial charge is 0.339 e. The lowest BCUT2D eigenvalue weighted by atomic mass is 10.0. The minimum Gasteiger partial charge on any atom is -0.339 e. The molecule has 0 aromatic heterocycles. The lowest BCUT2D eigenvalue weighted by Crippen LogP contribution is -2.53. The van der Waals surface area contributed by atoms with Crippen molar-refractivity contribution in [2.45, 2.75) is 24.6 Å². The Kier molecular flexibility index (Phi) is 6.32. The van der Waals surface area contributed by atoms with Gasteiger partial charge in [-0.2, -0.15) is 0 Å². The van der Waals surface area contributed by atoms with Crippen molar-refractivity contribution in [3.63, 3.8) is 0 Å². The van der Waals surface area contributed by atoms with Crippen molar-refractivity contribution in [2.75, 3.05) is 25.4 Å². The van der Waals surface area contributed by atoms with Gasteiger partial charge in [0.15, 0.2) is 0 Å². The number of nitrogens with zero attached hydrogens (tertiary/aromatic N) is 3. The summed E-state index contributed by atoms with van der Waals surface area (Å²) in [4.78, 5) is 39.7. The van der Waals surface area contributed by atoms with Crippen LogP contribution in [0.2, 0.25) is 0 Å². The summed E-state index contributed by atoms with van der Waals surface area (Å²) >= 11 is 1.82. The van der Waals surface area contributed by atoms with Crippen molar-refractivity contribution < 1.29 is 14.5 Å². The Hall–Kier alpha value is -3.13. The third-order valence-electron chi connectivity index (χ3n) is 6.07. The van der Waals surface area contributed by atoms with E-state index in [1.54, 1.807) is 23.1 Å². The Labute approximate surface area is 191 Å². The summed E-state index contributed by atoms with van der Waals surface area (Å²) in [5.74, 6) is 0.889. The molecule has 2 aliphatic rings. The number of carbonyl (C=O) groups is 2. The van der Waals surface area contributed by atoms with Crippen LogP contribution in [-0.2, 0) is 4.79 Å². The molecule has 2 fully saturated rings. The average molecular weight is 452 g/mol. The van der Waals surface area contributed by atoms with Crippen molar-refractivity contribution in [1.29, 1.82) is 0 Å². The van der Waals surface area contributed by atoms with Crippen molar-refractivity contribution in [1.82, 2.24) is 9.80 Å². The van der Waals surface area contributed by atoms with Crippen molar-refractivity contribution >= 4 is 35.3 Å². The molecule has 2 heterocycles. The Morgan fingerprint density at radius 1 is 1.09 bits per heavy atom. The molecule has 4 rings (SSSR count). The number of nitro groups is 1. The number of benzene rings is 2. The van der Waals surface area contributed by atoms with Gasteiger partial charge in [-0.05, 0) is 55.7 Å². The van der Waals surface area contributed by atoms with Gasteiger partial charge in [0.05, 0.1) is 9.79 Å². The highest BCUT2D eigenvalue weighted by atomic mass is 32.2. The lowest BCUT2D eigenvalue weighted by molar-refractivity contribution is -0.384. The average Bonchev–Trinajstić information content (AvgIpc) is 3.20. The smallest absolute Gasteiger partial charge is 0.269 e. The fourth-order valence-electron chi connectivity index (χ4n) is 4.30. The zero-order valence-corrected chi connectivity index (χ0v) is 18.7. The number of thioether (sulfide) groups is 1. The molecule has 7 nitrogen and oxygen atoms in total. The maximum Gasteiger partial charge on any atom is 0.269 e. The van der Waals surface area contributed by atoms with Gasteiger partial charge >= 0.3 is 0 Å². The second-order valence-electron chi connectivity index (χ2n) is 8.13. The first-order valence-corrected chi connectivity index (χ1v) is 11.6. The molecule has 0 saturated carbocycles. The number of non-ortho nitro benzene ring substituents is 1. The summed E-state index contributed by atoms with van der Waals surface area (Å²) in [6.45, 7) is 3.90. The minimum atomic E-state index is -0.448. The van der Waals surface area contributed by atoms with Gasteiger partial charge in [0.1, 0.15) is 0 Å². The van der Waals surface area contributed by atoms with Gasteiger partial charge in [-0.25, -0.2) is 0 Å². The third-order valence-corrected chi connectivity index (χ3v) is 7.62. The van der Waals surface area contributed by atoms with Gasteiger partial charge in [-0.3, -0.25) is 19.7 Å². The second kappa shape index (κ2) is 9.16. The summed E-state index contributed by atoms with van der Waals surface area (Å²) in [5.41, 5.74) is 2.54. The Morgan fingerprint density at radius 2 is 1.81 bits per heavy atom. The highest BCUT2D eigenvalue weighted by Crippen LogP contribution is 2.44. The topological polar surface area (TPSA) is 83.8 Å². The summed E-state index contributed by atoms with van der Waals surface area (Å²) in [6, 6.07) is 13.8. The highest BCUT2D eigenvalue weighted by Gasteiger charge is 2.46. The van der Waals surface area contributed by atoms with Crippen molar-refractivity contribution in [2.24, 2.45) is 0 Å². The van der Waals surface area contributed by atoms with Gasteiger partial charge in [0, 0.05) is 49.2 Å². The van der Waals surface area contributed by atoms with Crippen LogP contribution in [0, 0.1) is 17.0 Å². The molecule has 8 heteroatoms. The molecule has 0 radical (unpaired) electrons. The fourth-order valence-corrected chi connectivity index (χ4v) is 5.76. The Morgan fingerprint density at radius 3 is 2.47 bits per heavy atom. The van der Waals surface area contributed by atoms with Gasteiger partial charge in [-0.1, -0.05) is 17.7 Å². The quantitative estimate of drug-likeness (QED) is 0.397. The highest BCUT2D eigenvalue weighted by molar-refractivity contribution is 8.00. The summed E-state index contributed by atoms with van der Waals surface area (Å²) in [6.07, 6.45) is 4.67. The van der Waals surface area contributed by atoms with Crippen LogP contribution in [0.5, 0.6) is 0 Å². The normalized spacial score (nSPS) is 17.8. The molecule has 2 aliphatic heterocycles. The van der Waals surface area contributed by atoms with Gasteiger partial charge in [0.2, 0.25) is 5.91 Å². The summed E-state index contributed by atoms with van der Waals surface area (Å²) in [5, 5.41) is 10.8. The monoisotopic (exact) mass is 451 g/mol. The van der Waals surface area contributed by atoms with E-state index >= 15 is 0 Å². The van der Waals surface area contributed by atoms with E-state index in [1.165, 1.54) is 18.2 Å². The van der Waals surface area contributed by atoms with Gasteiger partial charge in [0.25, 0.3) is 11.6 Å². The van der Waals surface area contributed by atoms with E-state index in [4.69, 9.17) is 0 Å². The Bertz CT molecular complexity index is 1060. The fraction of sp³-hybridized carbons (Fsp3) is 0.333. The van der Waals surface area contributed by atoms with Crippen LogP contribution in [0.1, 0.15) is 34.3 Å². The number of carbonyl (C=O) groups excluding carboxylic acids is 2. The molecule has 2 saturated heterocycles. The van der Waals surface area contributed by atoms with E-state index in [-0.39, 0.29) is 22.4 Å². The molecule has 1 spiro atoms. The summed E-state index contributed by atoms with van der Waals surface area (Å²) in [7, 11) is 0. The minimum absolute atomic E-state index is 0.0219. The number of hydrogen-bond donors (Lipinski definition) is 0. The van der Waals surface area contributed by atoms with Crippen molar-refractivity contribution in [3.8, 4) is 0 Å². The van der Waals surface area contributed by atoms with Crippen LogP contribution in [0.25, 0.3) is 6.08 Å². The van der Waals surface area contributed by atoms with Crippen LogP contribution in [0.15, 0.2) is 54.6 Å². The van der Waals surface area contributed by atoms with E-state index in [0.717, 1.165) is 41.8 Å². The van der Waals surface area contributed by atoms with Gasteiger partial charge < -0.3 is 9.80 Å². The van der Waals surface area contributed by atoms with Crippen molar-refractivity contribution in [3.05, 3.63) is 81.4 Å². The van der Waals surface area contributed by atoms with E-state index in [1.807, 2.05) is 47.9 Å². The number of rotatable bonds is 4. The number of amides is 2. The van der Waals surface area contributed by atoms with Crippen LogP contribution in [0.4, 0.5) is 5.69 Å². The SMILES string of the molecule is Cc1cccc(C(=O)N2CCSC23CCN(C(=O)/C=C/c2ccc([N+](=O)[O-])cc2)CC3)c1. The molecule has 2 aromatic carbocycles. The molecule has 166 valence electrons. The number of likely N-dealkylation sites (tertiary alicyclic amines) is 1.